The standard InChI is InChI=1S/C20H25NO4/c1-6-7-8-16(19(24)25-20(3,4)5)18(23)15-10-9-14(12-21)11-17(15)13(2)22/h9-11,16H,6-8H2,1-5H3. The van der Waals surface area contributed by atoms with Gasteiger partial charge in [0.1, 0.15) is 11.5 Å². The first-order valence-corrected chi connectivity index (χ1v) is 8.42. The van der Waals surface area contributed by atoms with Crippen LogP contribution in [-0.4, -0.2) is 23.1 Å². The van der Waals surface area contributed by atoms with Crippen molar-refractivity contribution < 1.29 is 19.1 Å². The van der Waals surface area contributed by atoms with Crippen molar-refractivity contribution in [2.24, 2.45) is 5.92 Å². The van der Waals surface area contributed by atoms with Gasteiger partial charge >= 0.3 is 5.97 Å². The molecule has 0 saturated carbocycles. The summed E-state index contributed by atoms with van der Waals surface area (Å²) in [6.07, 6.45) is 1.89. The molecule has 134 valence electrons. The van der Waals surface area contributed by atoms with Gasteiger partial charge < -0.3 is 4.74 Å². The molecular formula is C20H25NO4. The molecule has 1 rings (SSSR count). The normalized spacial score (nSPS) is 12.2. The summed E-state index contributed by atoms with van der Waals surface area (Å²) in [5.74, 6) is -2.29. The van der Waals surface area contributed by atoms with Crippen LogP contribution in [0.25, 0.3) is 0 Å². The average molecular weight is 343 g/mol. The third-order valence-electron chi connectivity index (χ3n) is 3.65. The number of ketones is 2. The summed E-state index contributed by atoms with van der Waals surface area (Å²) in [5, 5.41) is 8.99. The maximum Gasteiger partial charge on any atom is 0.317 e. The van der Waals surface area contributed by atoms with Gasteiger partial charge in [0.15, 0.2) is 11.6 Å². The van der Waals surface area contributed by atoms with Crippen LogP contribution >= 0.6 is 0 Å². The number of hydrogen-bond donors (Lipinski definition) is 0. The van der Waals surface area contributed by atoms with Crippen LogP contribution in [0.4, 0.5) is 0 Å². The number of carbonyl (C=O) groups excluding carboxylic acids is 3. The van der Waals surface area contributed by atoms with Crippen molar-refractivity contribution in [2.45, 2.75) is 59.5 Å². The number of benzene rings is 1. The van der Waals surface area contributed by atoms with Crippen LogP contribution in [0.1, 0.15) is 80.2 Å². The van der Waals surface area contributed by atoms with E-state index in [1.807, 2.05) is 13.0 Å². The average Bonchev–Trinajstić information content (AvgIpc) is 2.52. The quantitative estimate of drug-likeness (QED) is 0.423. The summed E-state index contributed by atoms with van der Waals surface area (Å²) in [6.45, 7) is 8.54. The Kier molecular flexibility index (Phi) is 7.05. The number of esters is 1. The van der Waals surface area contributed by atoms with E-state index in [9.17, 15) is 14.4 Å². The van der Waals surface area contributed by atoms with Gasteiger partial charge in [-0.3, -0.25) is 14.4 Å². The molecule has 0 aromatic heterocycles. The summed E-state index contributed by atoms with van der Waals surface area (Å²) in [7, 11) is 0. The van der Waals surface area contributed by atoms with Crippen LogP contribution in [-0.2, 0) is 9.53 Å². The Hall–Kier alpha value is -2.48. The largest absolute Gasteiger partial charge is 0.459 e. The van der Waals surface area contributed by atoms with Crippen molar-refractivity contribution >= 4 is 17.5 Å². The second-order valence-corrected chi connectivity index (χ2v) is 7.02. The molecule has 0 heterocycles. The SMILES string of the molecule is CCCCC(C(=O)OC(C)(C)C)C(=O)c1ccc(C#N)cc1C(C)=O. The van der Waals surface area contributed by atoms with Gasteiger partial charge in [0, 0.05) is 11.1 Å². The number of carbonyl (C=O) groups is 3. The highest BCUT2D eigenvalue weighted by Gasteiger charge is 2.33. The van der Waals surface area contributed by atoms with Gasteiger partial charge in [-0.15, -0.1) is 0 Å². The van der Waals surface area contributed by atoms with Gasteiger partial charge in [0.25, 0.3) is 0 Å². The fraction of sp³-hybridized carbons (Fsp3) is 0.500. The Morgan fingerprint density at radius 2 is 1.84 bits per heavy atom. The molecule has 1 aromatic carbocycles. The molecule has 0 amide bonds. The number of nitrogens with zero attached hydrogens (tertiary/aromatic N) is 1. The third kappa shape index (κ3) is 5.82. The lowest BCUT2D eigenvalue weighted by Gasteiger charge is -2.23. The smallest absolute Gasteiger partial charge is 0.317 e. The third-order valence-corrected chi connectivity index (χ3v) is 3.65. The zero-order valence-corrected chi connectivity index (χ0v) is 15.5. The first kappa shape index (κ1) is 20.6. The minimum absolute atomic E-state index is 0.161. The number of unbranched alkanes of at least 4 members (excludes halogenated alkanes) is 1. The van der Waals surface area contributed by atoms with Gasteiger partial charge in [0.05, 0.1) is 11.6 Å². The lowest BCUT2D eigenvalue weighted by atomic mass is 9.88. The van der Waals surface area contributed by atoms with Crippen LogP contribution in [0.2, 0.25) is 0 Å². The zero-order valence-electron chi connectivity index (χ0n) is 15.5. The molecule has 0 aliphatic carbocycles. The Morgan fingerprint density at radius 3 is 2.32 bits per heavy atom. The van der Waals surface area contributed by atoms with Gasteiger partial charge in [-0.1, -0.05) is 19.8 Å². The van der Waals surface area contributed by atoms with E-state index >= 15 is 0 Å². The van der Waals surface area contributed by atoms with Gasteiger partial charge in [-0.05, 0) is 52.3 Å². The van der Waals surface area contributed by atoms with Gasteiger partial charge in [-0.25, -0.2) is 0 Å². The Balaban J connectivity index is 3.27. The molecule has 0 N–H and O–H groups in total. The second-order valence-electron chi connectivity index (χ2n) is 7.02. The molecule has 25 heavy (non-hydrogen) atoms. The maximum absolute atomic E-state index is 13.0. The molecular weight excluding hydrogens is 318 g/mol. The maximum atomic E-state index is 13.0. The highest BCUT2D eigenvalue weighted by Crippen LogP contribution is 2.23. The van der Waals surface area contributed by atoms with Crippen molar-refractivity contribution in [1.29, 1.82) is 5.26 Å². The topological polar surface area (TPSA) is 84.2 Å². The number of hydrogen-bond acceptors (Lipinski definition) is 5. The predicted molar refractivity (Wildman–Crippen MR) is 94.4 cm³/mol. The molecule has 0 aliphatic heterocycles. The summed E-state index contributed by atoms with van der Waals surface area (Å²) >= 11 is 0. The van der Waals surface area contributed by atoms with Crippen LogP contribution in [0.5, 0.6) is 0 Å². The number of Topliss-reactive ketones (excluding diaryl/α,β-unsaturated/α-hetero) is 2. The Bertz CT molecular complexity index is 707. The lowest BCUT2D eigenvalue weighted by Crippen LogP contribution is -2.33. The number of nitriles is 1. The minimum Gasteiger partial charge on any atom is -0.459 e. The minimum atomic E-state index is -0.954. The van der Waals surface area contributed by atoms with Gasteiger partial charge in [-0.2, -0.15) is 5.26 Å². The summed E-state index contributed by atoms with van der Waals surface area (Å²) < 4.78 is 5.39. The van der Waals surface area contributed by atoms with Crippen molar-refractivity contribution in [3.63, 3.8) is 0 Å². The molecule has 1 aromatic rings. The van der Waals surface area contributed by atoms with Crippen LogP contribution < -0.4 is 0 Å². The zero-order chi connectivity index (χ0) is 19.2. The molecule has 0 bridgehead atoms. The Morgan fingerprint density at radius 1 is 1.20 bits per heavy atom. The van der Waals surface area contributed by atoms with Crippen molar-refractivity contribution in [3.05, 3.63) is 34.9 Å². The van der Waals surface area contributed by atoms with E-state index in [2.05, 4.69) is 0 Å². The molecule has 0 saturated heterocycles. The first-order chi connectivity index (χ1) is 11.6. The van der Waals surface area contributed by atoms with Crippen LogP contribution in [0, 0.1) is 17.2 Å². The van der Waals surface area contributed by atoms with E-state index in [4.69, 9.17) is 10.00 Å². The summed E-state index contributed by atoms with van der Waals surface area (Å²) in [4.78, 5) is 37.4. The monoisotopic (exact) mass is 343 g/mol. The van der Waals surface area contributed by atoms with Crippen molar-refractivity contribution in [2.75, 3.05) is 0 Å². The van der Waals surface area contributed by atoms with E-state index < -0.39 is 23.3 Å². The van der Waals surface area contributed by atoms with Crippen molar-refractivity contribution in [1.82, 2.24) is 0 Å². The fourth-order valence-corrected chi connectivity index (χ4v) is 2.44. The van der Waals surface area contributed by atoms with Gasteiger partial charge in [0.2, 0.25) is 0 Å². The molecule has 5 heteroatoms. The second kappa shape index (κ2) is 8.57. The number of rotatable bonds is 7. The Labute approximate surface area is 149 Å². The van der Waals surface area contributed by atoms with E-state index in [1.165, 1.54) is 25.1 Å². The predicted octanol–water partition coefficient (Wildman–Crippen LogP) is 4.09. The molecule has 0 fully saturated rings. The lowest BCUT2D eigenvalue weighted by molar-refractivity contribution is -0.158. The molecule has 1 atom stereocenters. The number of ether oxygens (including phenoxy) is 1. The fourth-order valence-electron chi connectivity index (χ4n) is 2.44. The first-order valence-electron chi connectivity index (χ1n) is 8.42. The van der Waals surface area contributed by atoms with Crippen LogP contribution in [0.3, 0.4) is 0 Å². The highest BCUT2D eigenvalue weighted by molar-refractivity contribution is 6.14. The molecule has 1 unspecified atom stereocenters. The van der Waals surface area contributed by atoms with E-state index in [1.54, 1.807) is 20.8 Å². The molecule has 5 nitrogen and oxygen atoms in total. The molecule has 0 aliphatic rings. The van der Waals surface area contributed by atoms with Crippen molar-refractivity contribution in [3.8, 4) is 6.07 Å². The molecule has 0 radical (unpaired) electrons. The van der Waals surface area contributed by atoms with E-state index in [-0.39, 0.29) is 16.9 Å². The van der Waals surface area contributed by atoms with E-state index in [0.29, 0.717) is 18.4 Å². The summed E-state index contributed by atoms with van der Waals surface area (Å²) in [5.41, 5.74) is -0.0766. The van der Waals surface area contributed by atoms with E-state index in [0.717, 1.165) is 6.42 Å². The molecule has 0 spiro atoms. The highest BCUT2D eigenvalue weighted by atomic mass is 16.6. The summed E-state index contributed by atoms with van der Waals surface area (Å²) in [6, 6.07) is 6.26. The van der Waals surface area contributed by atoms with Crippen LogP contribution in [0.15, 0.2) is 18.2 Å².